The van der Waals surface area contributed by atoms with Crippen LogP contribution in [0.2, 0.25) is 0 Å². The Morgan fingerprint density at radius 2 is 1.93 bits per heavy atom. The van der Waals surface area contributed by atoms with Crippen LogP contribution in [0.3, 0.4) is 0 Å². The molecule has 0 aliphatic heterocycles. The van der Waals surface area contributed by atoms with Crippen LogP contribution >= 0.6 is 11.5 Å². The number of aryl methyl sites for hydroxylation is 1. The molecular weight excluding hydrogens is 406 g/mol. The van der Waals surface area contributed by atoms with Gasteiger partial charge in [-0.15, -0.1) is 0 Å². The highest BCUT2D eigenvalue weighted by Crippen LogP contribution is 2.31. The summed E-state index contributed by atoms with van der Waals surface area (Å²) in [7, 11) is 3.82. The molecule has 2 aromatic rings. The Hall–Kier alpha value is -2.79. The molecule has 3 N–H and O–H groups in total. The van der Waals surface area contributed by atoms with Gasteiger partial charge >= 0.3 is 12.0 Å². The molecule has 0 aliphatic carbocycles. The molecule has 1 aromatic heterocycles. The van der Waals surface area contributed by atoms with Crippen LogP contribution in [-0.4, -0.2) is 53.6 Å². The molecule has 158 valence electrons. The van der Waals surface area contributed by atoms with E-state index >= 15 is 0 Å². The van der Waals surface area contributed by atoms with E-state index in [0.717, 1.165) is 25.1 Å². The summed E-state index contributed by atoms with van der Waals surface area (Å²) in [6.45, 7) is 2.19. The molecule has 0 saturated heterocycles. The van der Waals surface area contributed by atoms with E-state index < -0.39 is 30.2 Å². The van der Waals surface area contributed by atoms with Gasteiger partial charge in [0.15, 0.2) is 5.56 Å². The topological polar surface area (TPSA) is 104 Å². The zero-order chi connectivity index (χ0) is 21.6. The number of hydrogen-bond acceptors (Lipinski definition) is 6. The molecule has 0 radical (unpaired) electrons. The molecule has 11 heteroatoms. The first-order valence-electron chi connectivity index (χ1n) is 8.69. The number of carbonyl (C=O) groups is 2. The molecule has 0 bridgehead atoms. The minimum absolute atomic E-state index is 0.0394. The largest absolute Gasteiger partial charge is 0.477 e. The van der Waals surface area contributed by atoms with Crippen LogP contribution in [0.1, 0.15) is 27.9 Å². The van der Waals surface area contributed by atoms with Crippen molar-refractivity contribution in [2.75, 3.05) is 32.5 Å². The minimum Gasteiger partial charge on any atom is -0.477 e. The Morgan fingerprint density at radius 3 is 2.52 bits per heavy atom. The molecule has 2 rings (SSSR count). The van der Waals surface area contributed by atoms with Gasteiger partial charge in [-0.2, -0.15) is 4.37 Å². The van der Waals surface area contributed by atoms with Crippen LogP contribution in [0.25, 0.3) is 0 Å². The number of nitrogens with zero attached hydrogens (tertiary/aromatic N) is 2. The summed E-state index contributed by atoms with van der Waals surface area (Å²) in [4.78, 5) is 25.5. The average Bonchev–Trinajstić information content (AvgIpc) is 3.00. The fraction of sp³-hybridized carbons (Fsp3) is 0.389. The van der Waals surface area contributed by atoms with Crippen molar-refractivity contribution in [1.82, 2.24) is 14.6 Å². The van der Waals surface area contributed by atoms with Gasteiger partial charge < -0.3 is 20.1 Å². The number of benzene rings is 1. The maximum absolute atomic E-state index is 13.9. The van der Waals surface area contributed by atoms with Crippen molar-refractivity contribution in [1.29, 1.82) is 0 Å². The van der Waals surface area contributed by atoms with Gasteiger partial charge in [0.2, 0.25) is 5.88 Å². The summed E-state index contributed by atoms with van der Waals surface area (Å²) >= 11 is 0.699. The fourth-order valence-electron chi connectivity index (χ4n) is 2.40. The van der Waals surface area contributed by atoms with Gasteiger partial charge in [-0.05, 0) is 63.2 Å². The number of carboxylic acid groups (broad SMARTS) is 1. The van der Waals surface area contributed by atoms with Crippen LogP contribution in [-0.2, 0) is 6.61 Å². The second-order valence-electron chi connectivity index (χ2n) is 6.53. The second-order valence-corrected chi connectivity index (χ2v) is 7.30. The quantitative estimate of drug-likeness (QED) is 0.531. The first-order valence-corrected chi connectivity index (χ1v) is 9.46. The van der Waals surface area contributed by atoms with Crippen molar-refractivity contribution in [3.63, 3.8) is 0 Å². The fourth-order valence-corrected chi connectivity index (χ4v) is 3.12. The molecule has 0 unspecified atom stereocenters. The summed E-state index contributed by atoms with van der Waals surface area (Å²) in [5.74, 6) is -3.32. The number of halogens is 2. The van der Waals surface area contributed by atoms with E-state index in [0.29, 0.717) is 23.6 Å². The molecule has 0 aliphatic rings. The van der Waals surface area contributed by atoms with Crippen LogP contribution in [0.15, 0.2) is 12.1 Å². The van der Waals surface area contributed by atoms with E-state index in [1.54, 1.807) is 6.92 Å². The minimum atomic E-state index is -1.39. The lowest BCUT2D eigenvalue weighted by atomic mass is 10.1. The normalized spacial score (nSPS) is 10.8. The monoisotopic (exact) mass is 428 g/mol. The van der Waals surface area contributed by atoms with Crippen molar-refractivity contribution in [2.24, 2.45) is 0 Å². The molecule has 2 amide bonds. The standard InChI is InChI=1S/C18H22F2N4O4S/c1-10-7-12(19)11(13(20)8-10)9-28-15-14(17(25)26)16(29-23-15)22-18(27)21-5-4-6-24(2)3/h7-8H,4-6,9H2,1-3H3,(H,25,26)(H2,21,22,27). The highest BCUT2D eigenvalue weighted by molar-refractivity contribution is 7.11. The van der Waals surface area contributed by atoms with E-state index in [1.165, 1.54) is 0 Å². The number of carbonyl (C=O) groups excluding carboxylic acids is 1. The number of anilines is 1. The van der Waals surface area contributed by atoms with Gasteiger partial charge in [0.05, 0.1) is 5.56 Å². The van der Waals surface area contributed by atoms with Gasteiger partial charge in [0.25, 0.3) is 0 Å². The lowest BCUT2D eigenvalue weighted by molar-refractivity contribution is 0.0693. The Kier molecular flexibility index (Phi) is 7.85. The van der Waals surface area contributed by atoms with Crippen molar-refractivity contribution in [3.05, 3.63) is 40.5 Å². The molecule has 1 heterocycles. The lowest BCUT2D eigenvalue weighted by Gasteiger charge is -2.10. The van der Waals surface area contributed by atoms with Gasteiger partial charge in [-0.3, -0.25) is 5.32 Å². The third kappa shape index (κ3) is 6.36. The van der Waals surface area contributed by atoms with E-state index in [9.17, 15) is 23.5 Å². The van der Waals surface area contributed by atoms with Crippen molar-refractivity contribution in [3.8, 4) is 5.88 Å². The second kappa shape index (κ2) is 10.1. The van der Waals surface area contributed by atoms with Crippen molar-refractivity contribution in [2.45, 2.75) is 20.0 Å². The maximum atomic E-state index is 13.9. The van der Waals surface area contributed by atoms with Crippen LogP contribution in [0, 0.1) is 18.6 Å². The summed E-state index contributed by atoms with van der Waals surface area (Å²) in [6.07, 6.45) is 0.719. The van der Waals surface area contributed by atoms with Crippen LogP contribution < -0.4 is 15.4 Å². The third-order valence-electron chi connectivity index (χ3n) is 3.81. The van der Waals surface area contributed by atoms with Gasteiger partial charge in [0, 0.05) is 6.54 Å². The van der Waals surface area contributed by atoms with Crippen molar-refractivity contribution >= 4 is 28.5 Å². The first kappa shape index (κ1) is 22.5. The van der Waals surface area contributed by atoms with Gasteiger partial charge in [0.1, 0.15) is 23.2 Å². The number of carboxylic acids is 1. The first-order chi connectivity index (χ1) is 13.7. The molecule has 0 fully saturated rings. The number of ether oxygens (including phenoxy) is 1. The number of aromatic carboxylic acids is 1. The predicted molar refractivity (Wildman–Crippen MR) is 105 cm³/mol. The Labute approximate surface area is 170 Å². The summed E-state index contributed by atoms with van der Waals surface area (Å²) in [6, 6.07) is 1.71. The lowest BCUT2D eigenvalue weighted by Crippen LogP contribution is -2.31. The summed E-state index contributed by atoms with van der Waals surface area (Å²) in [5.41, 5.74) is -0.314. The van der Waals surface area contributed by atoms with E-state index in [4.69, 9.17) is 4.74 Å². The molecule has 8 nitrogen and oxygen atoms in total. The van der Waals surface area contributed by atoms with Gasteiger partial charge in [-0.25, -0.2) is 18.4 Å². The number of amides is 2. The maximum Gasteiger partial charge on any atom is 0.344 e. The summed E-state index contributed by atoms with van der Waals surface area (Å²) in [5, 5.41) is 14.4. The number of urea groups is 1. The zero-order valence-corrected chi connectivity index (χ0v) is 17.0. The summed E-state index contributed by atoms with van der Waals surface area (Å²) < 4.78 is 36.9. The Balaban J connectivity index is 2.05. The molecule has 0 saturated carbocycles. The van der Waals surface area contributed by atoms with Crippen LogP contribution in [0.5, 0.6) is 5.88 Å². The SMILES string of the molecule is Cc1cc(F)c(COc2nsc(NC(=O)NCCCN(C)C)c2C(=O)O)c(F)c1. The highest BCUT2D eigenvalue weighted by atomic mass is 32.1. The highest BCUT2D eigenvalue weighted by Gasteiger charge is 2.24. The Morgan fingerprint density at radius 1 is 1.28 bits per heavy atom. The average molecular weight is 428 g/mol. The van der Waals surface area contributed by atoms with Crippen LogP contribution in [0.4, 0.5) is 18.6 Å². The smallest absolute Gasteiger partial charge is 0.344 e. The zero-order valence-electron chi connectivity index (χ0n) is 16.2. The molecule has 1 aromatic carbocycles. The molecular formula is C18H22F2N4O4S. The van der Waals surface area contributed by atoms with E-state index in [-0.39, 0.29) is 22.0 Å². The predicted octanol–water partition coefficient (Wildman–Crippen LogP) is 3.08. The molecule has 0 spiro atoms. The molecule has 0 atom stereocenters. The Bertz CT molecular complexity index is 866. The van der Waals surface area contributed by atoms with Gasteiger partial charge in [-0.1, -0.05) is 0 Å². The van der Waals surface area contributed by atoms with E-state index in [2.05, 4.69) is 15.0 Å². The number of hydrogen-bond donors (Lipinski definition) is 3. The van der Waals surface area contributed by atoms with E-state index in [1.807, 2.05) is 19.0 Å². The number of aromatic nitrogens is 1. The number of nitrogens with one attached hydrogen (secondary N) is 2. The molecule has 29 heavy (non-hydrogen) atoms. The van der Waals surface area contributed by atoms with Crippen molar-refractivity contribution < 1.29 is 28.2 Å². The third-order valence-corrected chi connectivity index (χ3v) is 4.55. The number of rotatable bonds is 9.